The van der Waals surface area contributed by atoms with E-state index in [4.69, 9.17) is 10.2 Å². The molecular weight excluding hydrogens is 186 g/mol. The number of furan rings is 1. The fourth-order valence-corrected chi connectivity index (χ4v) is 2.75. The van der Waals surface area contributed by atoms with Gasteiger partial charge in [0.2, 0.25) is 0 Å². The molecule has 0 bridgehead atoms. The van der Waals surface area contributed by atoms with Crippen LogP contribution in [0.5, 0.6) is 0 Å². The molecule has 2 nitrogen and oxygen atoms in total. The van der Waals surface area contributed by atoms with Gasteiger partial charge in [-0.15, -0.1) is 0 Å². The number of rotatable bonds is 3. The van der Waals surface area contributed by atoms with Crippen LogP contribution in [0.4, 0.5) is 0 Å². The van der Waals surface area contributed by atoms with Gasteiger partial charge in [-0.3, -0.25) is 0 Å². The van der Waals surface area contributed by atoms with E-state index >= 15 is 0 Å². The summed E-state index contributed by atoms with van der Waals surface area (Å²) in [4.78, 5) is 0. The molecule has 2 N–H and O–H groups in total. The third-order valence-electron chi connectivity index (χ3n) is 4.15. The zero-order valence-corrected chi connectivity index (χ0v) is 9.12. The number of hydrogen-bond acceptors (Lipinski definition) is 2. The van der Waals surface area contributed by atoms with Crippen LogP contribution in [0, 0.1) is 5.41 Å². The average Bonchev–Trinajstić information content (AvgIpc) is 3.10. The van der Waals surface area contributed by atoms with Crippen molar-refractivity contribution in [2.75, 3.05) is 0 Å². The van der Waals surface area contributed by atoms with Crippen LogP contribution in [0.25, 0.3) is 6.08 Å². The lowest BCUT2D eigenvalue weighted by Crippen LogP contribution is -2.34. The van der Waals surface area contributed by atoms with Crippen LogP contribution >= 0.6 is 0 Å². The van der Waals surface area contributed by atoms with Gasteiger partial charge in [-0.2, -0.15) is 0 Å². The van der Waals surface area contributed by atoms with Crippen LogP contribution in [0.3, 0.4) is 0 Å². The summed E-state index contributed by atoms with van der Waals surface area (Å²) >= 11 is 0. The molecule has 0 aliphatic heterocycles. The molecule has 2 aliphatic carbocycles. The fraction of sp³-hybridized carbons (Fsp3) is 0.538. The summed E-state index contributed by atoms with van der Waals surface area (Å²) in [6, 6.07) is 3.92. The first-order chi connectivity index (χ1) is 7.16. The molecule has 0 amide bonds. The van der Waals surface area contributed by atoms with E-state index in [1.54, 1.807) is 6.26 Å². The molecule has 0 radical (unpaired) electrons. The Balaban J connectivity index is 1.89. The summed E-state index contributed by atoms with van der Waals surface area (Å²) < 4.78 is 5.34. The van der Waals surface area contributed by atoms with Crippen LogP contribution in [0.15, 0.2) is 28.4 Å². The van der Waals surface area contributed by atoms with Gasteiger partial charge in [0, 0.05) is 11.0 Å². The largest absolute Gasteiger partial charge is 0.465 e. The van der Waals surface area contributed by atoms with Crippen molar-refractivity contribution in [3.8, 4) is 0 Å². The van der Waals surface area contributed by atoms with Gasteiger partial charge in [0.1, 0.15) is 5.76 Å². The molecule has 1 aromatic rings. The third kappa shape index (κ3) is 1.28. The van der Waals surface area contributed by atoms with Crippen LogP contribution in [0.2, 0.25) is 0 Å². The van der Waals surface area contributed by atoms with E-state index in [1.165, 1.54) is 31.3 Å². The molecule has 2 saturated carbocycles. The summed E-state index contributed by atoms with van der Waals surface area (Å²) in [5.41, 5.74) is 8.16. The molecule has 1 aromatic heterocycles. The van der Waals surface area contributed by atoms with Crippen LogP contribution in [0.1, 0.15) is 38.4 Å². The van der Waals surface area contributed by atoms with Crippen molar-refractivity contribution >= 4 is 6.08 Å². The van der Waals surface area contributed by atoms with Crippen molar-refractivity contribution in [1.29, 1.82) is 0 Å². The summed E-state index contributed by atoms with van der Waals surface area (Å²) in [7, 11) is 0. The molecular formula is C13H17NO. The zero-order chi connectivity index (χ0) is 10.5. The van der Waals surface area contributed by atoms with Gasteiger partial charge >= 0.3 is 0 Å². The SMILES string of the molecule is C/C(=C/c1ccco1)C1(C2(N)CC2)CC1. The van der Waals surface area contributed by atoms with Crippen molar-refractivity contribution < 1.29 is 4.42 Å². The molecule has 15 heavy (non-hydrogen) atoms. The molecule has 2 heteroatoms. The predicted molar refractivity (Wildman–Crippen MR) is 60.2 cm³/mol. The minimum Gasteiger partial charge on any atom is -0.465 e. The number of hydrogen-bond donors (Lipinski definition) is 1. The molecule has 0 atom stereocenters. The normalized spacial score (nSPS) is 26.4. The molecule has 1 heterocycles. The van der Waals surface area contributed by atoms with E-state index in [9.17, 15) is 0 Å². The van der Waals surface area contributed by atoms with E-state index in [1.807, 2.05) is 12.1 Å². The van der Waals surface area contributed by atoms with Crippen molar-refractivity contribution in [3.05, 3.63) is 29.7 Å². The maximum absolute atomic E-state index is 6.35. The van der Waals surface area contributed by atoms with Crippen molar-refractivity contribution in [2.24, 2.45) is 11.1 Å². The minimum absolute atomic E-state index is 0.111. The van der Waals surface area contributed by atoms with E-state index < -0.39 is 0 Å². The summed E-state index contributed by atoms with van der Waals surface area (Å²) in [5, 5.41) is 0. The average molecular weight is 203 g/mol. The second kappa shape index (κ2) is 2.76. The van der Waals surface area contributed by atoms with Crippen LogP contribution in [-0.2, 0) is 0 Å². The van der Waals surface area contributed by atoms with Gasteiger partial charge < -0.3 is 10.2 Å². The second-order valence-electron chi connectivity index (χ2n) is 5.08. The van der Waals surface area contributed by atoms with E-state index in [-0.39, 0.29) is 5.54 Å². The van der Waals surface area contributed by atoms with Gasteiger partial charge in [-0.25, -0.2) is 0 Å². The molecule has 0 aromatic carbocycles. The van der Waals surface area contributed by atoms with Gasteiger partial charge in [-0.1, -0.05) is 5.57 Å². The molecule has 0 spiro atoms. The lowest BCUT2D eigenvalue weighted by atomic mass is 9.86. The minimum atomic E-state index is 0.111. The fourth-order valence-electron chi connectivity index (χ4n) is 2.75. The first kappa shape index (κ1) is 9.22. The molecule has 2 aliphatic rings. The summed E-state index contributed by atoms with van der Waals surface area (Å²) in [5.74, 6) is 0.947. The summed E-state index contributed by atoms with van der Waals surface area (Å²) in [6.45, 7) is 2.20. The maximum Gasteiger partial charge on any atom is 0.126 e. The summed E-state index contributed by atoms with van der Waals surface area (Å²) in [6.07, 6.45) is 8.76. The molecule has 0 saturated heterocycles. The Labute approximate surface area is 90.1 Å². The van der Waals surface area contributed by atoms with Gasteiger partial charge in [0.15, 0.2) is 0 Å². The molecule has 2 fully saturated rings. The Kier molecular flexibility index (Phi) is 1.70. The Morgan fingerprint density at radius 2 is 2.13 bits per heavy atom. The zero-order valence-electron chi connectivity index (χ0n) is 9.12. The second-order valence-corrected chi connectivity index (χ2v) is 5.08. The quantitative estimate of drug-likeness (QED) is 0.820. The molecule has 80 valence electrons. The topological polar surface area (TPSA) is 39.2 Å². The van der Waals surface area contributed by atoms with Crippen LogP contribution in [-0.4, -0.2) is 5.54 Å². The highest BCUT2D eigenvalue weighted by molar-refractivity contribution is 5.52. The Hall–Kier alpha value is -1.02. The highest BCUT2D eigenvalue weighted by Gasteiger charge is 2.63. The third-order valence-corrected chi connectivity index (χ3v) is 4.15. The highest BCUT2D eigenvalue weighted by atomic mass is 16.3. The van der Waals surface area contributed by atoms with Gasteiger partial charge in [0.25, 0.3) is 0 Å². The van der Waals surface area contributed by atoms with Crippen molar-refractivity contribution in [3.63, 3.8) is 0 Å². The van der Waals surface area contributed by atoms with Crippen LogP contribution < -0.4 is 5.73 Å². The Morgan fingerprint density at radius 1 is 1.40 bits per heavy atom. The van der Waals surface area contributed by atoms with E-state index in [0.29, 0.717) is 5.41 Å². The molecule has 3 rings (SSSR count). The maximum atomic E-state index is 6.35. The van der Waals surface area contributed by atoms with E-state index in [2.05, 4.69) is 13.0 Å². The predicted octanol–water partition coefficient (Wildman–Crippen LogP) is 2.95. The standard InChI is InChI=1S/C13H17NO/c1-10(9-11-3-2-8-15-11)12(4-5-12)13(14)6-7-13/h2-3,8-9H,4-7,14H2,1H3/b10-9-. The van der Waals surface area contributed by atoms with Crippen molar-refractivity contribution in [1.82, 2.24) is 0 Å². The Bertz CT molecular complexity index is 394. The molecule has 0 unspecified atom stereocenters. The first-order valence-electron chi connectivity index (χ1n) is 5.68. The smallest absolute Gasteiger partial charge is 0.126 e. The number of nitrogens with two attached hydrogens (primary N) is 1. The highest BCUT2D eigenvalue weighted by Crippen LogP contribution is 2.66. The van der Waals surface area contributed by atoms with Crippen molar-refractivity contribution in [2.45, 2.75) is 38.1 Å². The lowest BCUT2D eigenvalue weighted by Gasteiger charge is -2.23. The Morgan fingerprint density at radius 3 is 2.60 bits per heavy atom. The van der Waals surface area contributed by atoms with Gasteiger partial charge in [-0.05, 0) is 50.8 Å². The first-order valence-corrected chi connectivity index (χ1v) is 5.68. The monoisotopic (exact) mass is 203 g/mol. The van der Waals surface area contributed by atoms with Gasteiger partial charge in [0.05, 0.1) is 6.26 Å². The lowest BCUT2D eigenvalue weighted by molar-refractivity contribution is 0.445. The van der Waals surface area contributed by atoms with E-state index in [0.717, 1.165) is 5.76 Å².